The fourth-order valence-electron chi connectivity index (χ4n) is 4.19. The number of fused-ring (bicyclic) bond motifs is 1. The first-order valence-corrected chi connectivity index (χ1v) is 11.0. The number of nitrogens with zero attached hydrogens (tertiary/aromatic N) is 6. The second kappa shape index (κ2) is 7.66. The van der Waals surface area contributed by atoms with Crippen molar-refractivity contribution in [1.29, 1.82) is 0 Å². The van der Waals surface area contributed by atoms with Crippen molar-refractivity contribution in [3.8, 4) is 11.3 Å². The van der Waals surface area contributed by atoms with Crippen LogP contribution in [0.5, 0.6) is 0 Å². The molecule has 0 spiro atoms. The quantitative estimate of drug-likeness (QED) is 0.510. The molecule has 0 radical (unpaired) electrons. The molecule has 1 fully saturated rings. The maximum Gasteiger partial charge on any atom is 0.165 e. The lowest BCUT2D eigenvalue weighted by Gasteiger charge is -2.25. The molecular formula is C21H24N8S. The highest BCUT2D eigenvalue weighted by atomic mass is 32.1. The molecule has 0 aliphatic carbocycles. The summed E-state index contributed by atoms with van der Waals surface area (Å²) in [5, 5.41) is 2.09. The lowest BCUT2D eigenvalue weighted by molar-refractivity contribution is 0.750. The molecule has 154 valence electrons. The Hall–Kier alpha value is -3.04. The largest absolute Gasteiger partial charge is 0.382 e. The van der Waals surface area contributed by atoms with Crippen LogP contribution in [0.25, 0.3) is 22.4 Å². The van der Waals surface area contributed by atoms with E-state index in [9.17, 15) is 0 Å². The van der Waals surface area contributed by atoms with E-state index >= 15 is 0 Å². The molecule has 0 amide bonds. The summed E-state index contributed by atoms with van der Waals surface area (Å²) in [5.74, 6) is 0.402. The summed E-state index contributed by atoms with van der Waals surface area (Å²) >= 11 is 1.61. The van der Waals surface area contributed by atoms with Gasteiger partial charge in [-0.25, -0.2) is 19.9 Å². The first-order valence-electron chi connectivity index (χ1n) is 10.1. The molecule has 3 aromatic heterocycles. The van der Waals surface area contributed by atoms with Crippen molar-refractivity contribution in [2.24, 2.45) is 5.73 Å². The van der Waals surface area contributed by atoms with Gasteiger partial charge in [-0.2, -0.15) is 0 Å². The van der Waals surface area contributed by atoms with Crippen molar-refractivity contribution < 1.29 is 0 Å². The molecule has 1 saturated heterocycles. The van der Waals surface area contributed by atoms with Gasteiger partial charge in [0.2, 0.25) is 0 Å². The van der Waals surface area contributed by atoms with E-state index in [1.807, 2.05) is 10.1 Å². The molecule has 5 rings (SSSR count). The maximum atomic E-state index is 6.24. The summed E-state index contributed by atoms with van der Waals surface area (Å²) in [5.41, 5.74) is 21.4. The van der Waals surface area contributed by atoms with Crippen LogP contribution in [0.15, 0.2) is 35.7 Å². The van der Waals surface area contributed by atoms with Crippen LogP contribution in [0.4, 0.5) is 11.5 Å². The third-order valence-electron chi connectivity index (χ3n) is 5.75. The van der Waals surface area contributed by atoms with Crippen LogP contribution in [0.3, 0.4) is 0 Å². The topological polar surface area (TPSA) is 112 Å². The van der Waals surface area contributed by atoms with E-state index in [0.717, 1.165) is 42.8 Å². The molecule has 4 heterocycles. The molecule has 1 unspecified atom stereocenters. The number of thiazole rings is 1. The number of aryl methyl sites for hydroxylation is 1. The minimum Gasteiger partial charge on any atom is -0.382 e. The van der Waals surface area contributed by atoms with Crippen molar-refractivity contribution in [3.63, 3.8) is 0 Å². The molecule has 0 saturated carbocycles. The number of hydrogen-bond acceptors (Lipinski definition) is 8. The molecule has 1 aliphatic heterocycles. The number of hydrogen-bond donors (Lipinski definition) is 2. The van der Waals surface area contributed by atoms with Gasteiger partial charge in [0.25, 0.3) is 0 Å². The molecule has 30 heavy (non-hydrogen) atoms. The predicted molar refractivity (Wildman–Crippen MR) is 121 cm³/mol. The summed E-state index contributed by atoms with van der Waals surface area (Å²) in [7, 11) is 0. The summed E-state index contributed by atoms with van der Waals surface area (Å²) in [6.07, 6.45) is 5.20. The lowest BCUT2D eigenvalue weighted by atomic mass is 9.97. The number of aromatic nitrogens is 5. The van der Waals surface area contributed by atoms with Crippen LogP contribution in [0, 0.1) is 0 Å². The molecule has 1 atom stereocenters. The number of nitrogens with two attached hydrogens (primary N) is 2. The van der Waals surface area contributed by atoms with Crippen molar-refractivity contribution in [1.82, 2.24) is 24.5 Å². The van der Waals surface area contributed by atoms with Crippen molar-refractivity contribution in [2.75, 3.05) is 23.7 Å². The van der Waals surface area contributed by atoms with Gasteiger partial charge in [-0.3, -0.25) is 0 Å². The number of rotatable bonds is 5. The Morgan fingerprint density at radius 3 is 2.83 bits per heavy atom. The van der Waals surface area contributed by atoms with E-state index in [-0.39, 0.29) is 6.04 Å². The van der Waals surface area contributed by atoms with Gasteiger partial charge in [0.15, 0.2) is 11.5 Å². The van der Waals surface area contributed by atoms with Crippen LogP contribution in [-0.2, 0) is 13.0 Å². The highest BCUT2D eigenvalue weighted by Gasteiger charge is 2.24. The molecule has 1 aliphatic rings. The first-order chi connectivity index (χ1) is 14.6. The second-order valence-electron chi connectivity index (χ2n) is 7.66. The Balaban J connectivity index is 1.64. The van der Waals surface area contributed by atoms with Crippen LogP contribution in [-0.4, -0.2) is 43.6 Å². The average Bonchev–Trinajstić information content (AvgIpc) is 3.50. The Morgan fingerprint density at radius 2 is 2.10 bits per heavy atom. The number of imidazole rings is 1. The average molecular weight is 421 g/mol. The standard InChI is InChI=1S/C21H24N8S/c1-2-13-5-14(17-9-30-12-27-17)6-18(28-4-3-15(22)7-28)16(13)8-29-11-26-19-20(23)24-10-25-21(19)29/h5-6,9-12,15H,2-4,7-8,22H2,1H3,(H2,23,24,25). The van der Waals surface area contributed by atoms with Gasteiger partial charge < -0.3 is 20.9 Å². The van der Waals surface area contributed by atoms with Gasteiger partial charge in [0.1, 0.15) is 11.8 Å². The van der Waals surface area contributed by atoms with Gasteiger partial charge in [0.05, 0.1) is 24.1 Å². The van der Waals surface area contributed by atoms with E-state index in [2.05, 4.69) is 49.3 Å². The Bertz CT molecular complexity index is 1180. The molecule has 0 bridgehead atoms. The van der Waals surface area contributed by atoms with E-state index < -0.39 is 0 Å². The van der Waals surface area contributed by atoms with Crippen molar-refractivity contribution in [3.05, 3.63) is 46.8 Å². The van der Waals surface area contributed by atoms with E-state index in [1.165, 1.54) is 23.1 Å². The number of nitrogen functional groups attached to an aromatic ring is 1. The Morgan fingerprint density at radius 1 is 1.20 bits per heavy atom. The van der Waals surface area contributed by atoms with Crippen molar-refractivity contribution >= 4 is 34.0 Å². The summed E-state index contributed by atoms with van der Waals surface area (Å²) in [6, 6.07) is 4.71. The highest BCUT2D eigenvalue weighted by Crippen LogP contribution is 2.34. The highest BCUT2D eigenvalue weighted by molar-refractivity contribution is 7.07. The fraction of sp³-hybridized carbons (Fsp3) is 0.333. The van der Waals surface area contributed by atoms with Gasteiger partial charge in [0, 0.05) is 35.8 Å². The fourth-order valence-corrected chi connectivity index (χ4v) is 4.75. The Labute approximate surface area is 178 Å². The van der Waals surface area contributed by atoms with E-state index in [1.54, 1.807) is 17.7 Å². The SMILES string of the molecule is CCc1cc(-c2cscn2)cc(N2CCC(N)C2)c1Cn1cnc2c(N)ncnc21. The predicted octanol–water partition coefficient (Wildman–Crippen LogP) is 2.68. The monoisotopic (exact) mass is 420 g/mol. The zero-order valence-electron chi connectivity index (χ0n) is 16.8. The summed E-state index contributed by atoms with van der Waals surface area (Å²) < 4.78 is 2.05. The van der Waals surface area contributed by atoms with E-state index in [0.29, 0.717) is 17.9 Å². The number of benzene rings is 1. The first kappa shape index (κ1) is 19.0. The Kier molecular flexibility index (Phi) is 4.84. The minimum absolute atomic E-state index is 0.201. The van der Waals surface area contributed by atoms with Gasteiger partial charge >= 0.3 is 0 Å². The zero-order chi connectivity index (χ0) is 20.7. The van der Waals surface area contributed by atoms with Gasteiger partial charge in [-0.1, -0.05) is 6.92 Å². The lowest BCUT2D eigenvalue weighted by Crippen LogP contribution is -2.27. The minimum atomic E-state index is 0.201. The van der Waals surface area contributed by atoms with Gasteiger partial charge in [-0.15, -0.1) is 11.3 Å². The molecular weight excluding hydrogens is 396 g/mol. The maximum absolute atomic E-state index is 6.24. The zero-order valence-corrected chi connectivity index (χ0v) is 17.6. The molecule has 8 nitrogen and oxygen atoms in total. The van der Waals surface area contributed by atoms with E-state index in [4.69, 9.17) is 11.5 Å². The van der Waals surface area contributed by atoms with Gasteiger partial charge in [-0.05, 0) is 36.1 Å². The normalized spacial score (nSPS) is 16.6. The third kappa shape index (κ3) is 3.29. The summed E-state index contributed by atoms with van der Waals surface area (Å²) in [6.45, 7) is 4.66. The van der Waals surface area contributed by atoms with Crippen LogP contribution in [0.2, 0.25) is 0 Å². The van der Waals surface area contributed by atoms with Crippen LogP contribution in [0.1, 0.15) is 24.5 Å². The summed E-state index contributed by atoms with van der Waals surface area (Å²) in [4.78, 5) is 19.8. The van der Waals surface area contributed by atoms with Crippen LogP contribution >= 0.6 is 11.3 Å². The smallest absolute Gasteiger partial charge is 0.165 e. The molecule has 9 heteroatoms. The molecule has 4 aromatic rings. The van der Waals surface area contributed by atoms with Crippen LogP contribution < -0.4 is 16.4 Å². The number of anilines is 2. The molecule has 1 aromatic carbocycles. The second-order valence-corrected chi connectivity index (χ2v) is 8.38. The van der Waals surface area contributed by atoms with Crippen molar-refractivity contribution in [2.45, 2.75) is 32.4 Å². The molecule has 4 N–H and O–H groups in total. The third-order valence-corrected chi connectivity index (χ3v) is 6.34.